The van der Waals surface area contributed by atoms with Gasteiger partial charge in [-0.3, -0.25) is 0 Å². The Morgan fingerprint density at radius 3 is 2.09 bits per heavy atom. The monoisotopic (exact) mass is 152 g/mol. The Labute approximate surface area is 68.1 Å². The standard InChI is InChI=1S/C10H16O/c11-7-10-8-5-3-1-2-4-6-9(8)10/h1-2,8-11H,3-7H2/b2-1+/t8-,9+,10+. The highest BCUT2D eigenvalue weighted by Gasteiger charge is 2.47. The van der Waals surface area contributed by atoms with Crippen molar-refractivity contribution in [1.29, 1.82) is 0 Å². The predicted molar refractivity (Wildman–Crippen MR) is 45.2 cm³/mol. The van der Waals surface area contributed by atoms with Crippen molar-refractivity contribution in [3.05, 3.63) is 12.2 Å². The van der Waals surface area contributed by atoms with Crippen LogP contribution in [0.1, 0.15) is 25.7 Å². The summed E-state index contributed by atoms with van der Waals surface area (Å²) in [6, 6.07) is 0. The highest BCUT2D eigenvalue weighted by Crippen LogP contribution is 2.52. The fourth-order valence-corrected chi connectivity index (χ4v) is 2.46. The van der Waals surface area contributed by atoms with E-state index in [1.54, 1.807) is 0 Å². The molecule has 2 aliphatic carbocycles. The van der Waals surface area contributed by atoms with Gasteiger partial charge in [0.05, 0.1) is 0 Å². The largest absolute Gasteiger partial charge is 0.396 e. The lowest BCUT2D eigenvalue weighted by atomic mass is 10.1. The van der Waals surface area contributed by atoms with Gasteiger partial charge in [-0.1, -0.05) is 12.2 Å². The third-order valence-electron chi connectivity index (χ3n) is 3.22. The van der Waals surface area contributed by atoms with E-state index >= 15 is 0 Å². The van der Waals surface area contributed by atoms with Crippen LogP contribution in [0.15, 0.2) is 12.2 Å². The topological polar surface area (TPSA) is 20.2 Å². The fraction of sp³-hybridized carbons (Fsp3) is 0.800. The number of aliphatic hydroxyl groups is 1. The zero-order valence-electron chi connectivity index (χ0n) is 6.87. The molecule has 0 aromatic carbocycles. The van der Waals surface area contributed by atoms with E-state index in [1.165, 1.54) is 25.7 Å². The molecule has 0 radical (unpaired) electrons. The second-order valence-corrected chi connectivity index (χ2v) is 3.80. The molecule has 0 bridgehead atoms. The van der Waals surface area contributed by atoms with E-state index in [1.807, 2.05) is 0 Å². The van der Waals surface area contributed by atoms with Crippen molar-refractivity contribution >= 4 is 0 Å². The molecule has 0 aromatic rings. The first-order valence-corrected chi connectivity index (χ1v) is 4.69. The van der Waals surface area contributed by atoms with Crippen LogP contribution in [0.4, 0.5) is 0 Å². The van der Waals surface area contributed by atoms with Crippen LogP contribution in [0.5, 0.6) is 0 Å². The molecule has 2 rings (SSSR count). The Balaban J connectivity index is 1.91. The normalized spacial score (nSPS) is 45.4. The van der Waals surface area contributed by atoms with Crippen molar-refractivity contribution < 1.29 is 5.11 Å². The molecule has 0 unspecified atom stereocenters. The van der Waals surface area contributed by atoms with Crippen molar-refractivity contribution in [3.63, 3.8) is 0 Å². The summed E-state index contributed by atoms with van der Waals surface area (Å²) >= 11 is 0. The quantitative estimate of drug-likeness (QED) is 0.569. The molecule has 62 valence electrons. The van der Waals surface area contributed by atoms with Gasteiger partial charge in [0.25, 0.3) is 0 Å². The second kappa shape index (κ2) is 2.98. The summed E-state index contributed by atoms with van der Waals surface area (Å²) in [7, 11) is 0. The molecule has 3 atom stereocenters. The molecular weight excluding hydrogens is 136 g/mol. The van der Waals surface area contributed by atoms with E-state index in [9.17, 15) is 0 Å². The van der Waals surface area contributed by atoms with Gasteiger partial charge in [-0.15, -0.1) is 0 Å². The highest BCUT2D eigenvalue weighted by molar-refractivity contribution is 5.00. The van der Waals surface area contributed by atoms with E-state index < -0.39 is 0 Å². The van der Waals surface area contributed by atoms with Crippen LogP contribution < -0.4 is 0 Å². The van der Waals surface area contributed by atoms with E-state index in [0.29, 0.717) is 12.5 Å². The molecule has 0 aromatic heterocycles. The minimum atomic E-state index is 0.426. The lowest BCUT2D eigenvalue weighted by Gasteiger charge is -1.99. The molecule has 1 N–H and O–H groups in total. The second-order valence-electron chi connectivity index (χ2n) is 3.80. The summed E-state index contributed by atoms with van der Waals surface area (Å²) in [5.41, 5.74) is 0. The first kappa shape index (κ1) is 7.35. The number of fused-ring (bicyclic) bond motifs is 1. The summed E-state index contributed by atoms with van der Waals surface area (Å²) in [4.78, 5) is 0. The molecule has 0 spiro atoms. The summed E-state index contributed by atoms with van der Waals surface area (Å²) in [5, 5.41) is 9.00. The molecule has 0 heterocycles. The maximum atomic E-state index is 9.00. The van der Waals surface area contributed by atoms with Gasteiger partial charge in [0.2, 0.25) is 0 Å². The van der Waals surface area contributed by atoms with E-state index in [2.05, 4.69) is 12.2 Å². The van der Waals surface area contributed by atoms with E-state index in [0.717, 1.165) is 11.8 Å². The minimum Gasteiger partial charge on any atom is -0.396 e. The van der Waals surface area contributed by atoms with Crippen LogP contribution in [0.25, 0.3) is 0 Å². The van der Waals surface area contributed by atoms with Gasteiger partial charge in [0.15, 0.2) is 0 Å². The summed E-state index contributed by atoms with van der Waals surface area (Å²) in [5.74, 6) is 2.39. The maximum Gasteiger partial charge on any atom is 0.0464 e. The third-order valence-corrected chi connectivity index (χ3v) is 3.22. The Morgan fingerprint density at radius 2 is 1.64 bits per heavy atom. The fourth-order valence-electron chi connectivity index (χ4n) is 2.46. The van der Waals surface area contributed by atoms with Crippen LogP contribution in [-0.2, 0) is 0 Å². The first-order valence-electron chi connectivity index (χ1n) is 4.69. The molecule has 11 heavy (non-hydrogen) atoms. The van der Waals surface area contributed by atoms with Crippen LogP contribution in [0.3, 0.4) is 0 Å². The molecular formula is C10H16O. The number of rotatable bonds is 1. The third kappa shape index (κ3) is 1.34. The molecule has 1 nitrogen and oxygen atoms in total. The van der Waals surface area contributed by atoms with Gasteiger partial charge in [0.1, 0.15) is 0 Å². The van der Waals surface area contributed by atoms with Crippen molar-refractivity contribution in [2.24, 2.45) is 17.8 Å². The molecule has 2 aliphatic rings. The van der Waals surface area contributed by atoms with Crippen molar-refractivity contribution in [3.8, 4) is 0 Å². The average Bonchev–Trinajstić information content (AvgIpc) is 2.60. The number of allylic oxidation sites excluding steroid dienone is 2. The van der Waals surface area contributed by atoms with Gasteiger partial charge < -0.3 is 5.11 Å². The summed E-state index contributed by atoms with van der Waals surface area (Å²) in [6.07, 6.45) is 9.68. The van der Waals surface area contributed by atoms with E-state index in [4.69, 9.17) is 5.11 Å². The van der Waals surface area contributed by atoms with Gasteiger partial charge in [0, 0.05) is 6.61 Å². The number of hydrogen-bond acceptors (Lipinski definition) is 1. The SMILES string of the molecule is OC[C@@H]1[C@H]2CC/C=C/CC[C@@H]12. The van der Waals surface area contributed by atoms with E-state index in [-0.39, 0.29) is 0 Å². The lowest BCUT2D eigenvalue weighted by molar-refractivity contribution is 0.262. The zero-order valence-corrected chi connectivity index (χ0v) is 6.87. The minimum absolute atomic E-state index is 0.426. The predicted octanol–water partition coefficient (Wildman–Crippen LogP) is 1.97. The Bertz CT molecular complexity index is 146. The molecule has 1 fully saturated rings. The number of aliphatic hydroxyl groups excluding tert-OH is 1. The summed E-state index contributed by atoms with van der Waals surface area (Å²) in [6.45, 7) is 0.426. The van der Waals surface area contributed by atoms with Crippen molar-refractivity contribution in [2.75, 3.05) is 6.61 Å². The molecule has 0 aliphatic heterocycles. The van der Waals surface area contributed by atoms with Crippen LogP contribution in [0.2, 0.25) is 0 Å². The first-order chi connectivity index (χ1) is 5.43. The zero-order chi connectivity index (χ0) is 7.68. The van der Waals surface area contributed by atoms with Crippen LogP contribution in [0, 0.1) is 17.8 Å². The summed E-state index contributed by atoms with van der Waals surface area (Å²) < 4.78 is 0. The van der Waals surface area contributed by atoms with Gasteiger partial charge >= 0.3 is 0 Å². The van der Waals surface area contributed by atoms with Gasteiger partial charge in [-0.05, 0) is 43.4 Å². The average molecular weight is 152 g/mol. The molecule has 1 saturated carbocycles. The highest BCUT2D eigenvalue weighted by atomic mass is 16.3. The molecule has 1 heteroatoms. The van der Waals surface area contributed by atoms with Gasteiger partial charge in [-0.25, -0.2) is 0 Å². The smallest absolute Gasteiger partial charge is 0.0464 e. The molecule has 0 amide bonds. The lowest BCUT2D eigenvalue weighted by Crippen LogP contribution is -1.88. The number of hydrogen-bond donors (Lipinski definition) is 1. The van der Waals surface area contributed by atoms with Crippen LogP contribution >= 0.6 is 0 Å². The Kier molecular flexibility index (Phi) is 1.99. The van der Waals surface area contributed by atoms with Gasteiger partial charge in [-0.2, -0.15) is 0 Å². The van der Waals surface area contributed by atoms with Crippen molar-refractivity contribution in [2.45, 2.75) is 25.7 Å². The Morgan fingerprint density at radius 1 is 1.09 bits per heavy atom. The van der Waals surface area contributed by atoms with Crippen molar-refractivity contribution in [1.82, 2.24) is 0 Å². The molecule has 0 saturated heterocycles. The maximum absolute atomic E-state index is 9.00. The Hall–Kier alpha value is -0.300. The van der Waals surface area contributed by atoms with Crippen LogP contribution in [-0.4, -0.2) is 11.7 Å².